The van der Waals surface area contributed by atoms with Crippen LogP contribution in [0.3, 0.4) is 0 Å². The van der Waals surface area contributed by atoms with Crippen molar-refractivity contribution in [2.75, 3.05) is 24.5 Å². The molecule has 1 saturated heterocycles. The Labute approximate surface area is 161 Å². The van der Waals surface area contributed by atoms with Crippen LogP contribution in [0.25, 0.3) is 11.4 Å². The van der Waals surface area contributed by atoms with Gasteiger partial charge in [0.2, 0.25) is 5.91 Å². The maximum atomic E-state index is 12.4. The van der Waals surface area contributed by atoms with E-state index in [1.165, 1.54) is 0 Å². The van der Waals surface area contributed by atoms with Gasteiger partial charge in [0, 0.05) is 42.8 Å². The Balaban J connectivity index is 1.78. The molecule has 2 aromatic heterocycles. The first-order valence-corrected chi connectivity index (χ1v) is 9.23. The fourth-order valence-electron chi connectivity index (χ4n) is 3.19. The summed E-state index contributed by atoms with van der Waals surface area (Å²) in [5, 5.41) is 1.99. The molecule has 0 aliphatic carbocycles. The fraction of sp³-hybridized carbons (Fsp3) is 0.474. The maximum absolute atomic E-state index is 12.4. The second-order valence-electron chi connectivity index (χ2n) is 6.75. The Morgan fingerprint density at radius 1 is 1.29 bits per heavy atom. The summed E-state index contributed by atoms with van der Waals surface area (Å²) in [4.78, 5) is 27.3. The van der Waals surface area contributed by atoms with Gasteiger partial charge >= 0.3 is 6.18 Å². The van der Waals surface area contributed by atoms with Crippen molar-refractivity contribution in [2.24, 2.45) is 5.92 Å². The molecule has 1 N–H and O–H groups in total. The van der Waals surface area contributed by atoms with E-state index in [1.807, 2.05) is 35.3 Å². The molecule has 0 bridgehead atoms. The number of aromatic nitrogens is 3. The van der Waals surface area contributed by atoms with Crippen molar-refractivity contribution < 1.29 is 18.0 Å². The minimum atomic E-state index is -4.41. The van der Waals surface area contributed by atoms with Crippen LogP contribution in [0.15, 0.2) is 30.6 Å². The Morgan fingerprint density at radius 2 is 2.04 bits per heavy atom. The van der Waals surface area contributed by atoms with E-state index < -0.39 is 24.5 Å². The number of carbonyl (C=O) groups excluding carboxylic acids is 1. The number of alkyl halides is 3. The van der Waals surface area contributed by atoms with E-state index in [4.69, 9.17) is 0 Å². The Hall–Kier alpha value is -2.71. The molecule has 9 heteroatoms. The molecule has 28 heavy (non-hydrogen) atoms. The van der Waals surface area contributed by atoms with Crippen LogP contribution in [0, 0.1) is 5.92 Å². The van der Waals surface area contributed by atoms with Crippen molar-refractivity contribution >= 4 is 11.7 Å². The molecule has 0 radical (unpaired) electrons. The highest BCUT2D eigenvalue weighted by atomic mass is 19.4. The van der Waals surface area contributed by atoms with Crippen molar-refractivity contribution in [3.8, 4) is 11.4 Å². The standard InChI is InChI=1S/C19H22F3N5O/c1-2-15-10-16(26-17(25-15)13-5-7-23-8-6-13)27-9-3-4-14(11-27)18(28)24-12-19(20,21)22/h5-8,10,14H,2-4,9,11-12H2,1H3,(H,24,28). The first-order chi connectivity index (χ1) is 13.4. The van der Waals surface area contributed by atoms with Crippen molar-refractivity contribution in [2.45, 2.75) is 32.4 Å². The summed E-state index contributed by atoms with van der Waals surface area (Å²) >= 11 is 0. The summed E-state index contributed by atoms with van der Waals surface area (Å²) in [6, 6.07) is 5.52. The lowest BCUT2D eigenvalue weighted by molar-refractivity contribution is -0.140. The van der Waals surface area contributed by atoms with Crippen LogP contribution in [0.4, 0.5) is 19.0 Å². The number of nitrogens with zero attached hydrogens (tertiary/aromatic N) is 4. The van der Waals surface area contributed by atoms with Crippen LogP contribution in [0.1, 0.15) is 25.5 Å². The van der Waals surface area contributed by atoms with Crippen molar-refractivity contribution in [3.05, 3.63) is 36.3 Å². The van der Waals surface area contributed by atoms with E-state index in [0.29, 0.717) is 37.6 Å². The van der Waals surface area contributed by atoms with Gasteiger partial charge in [-0.2, -0.15) is 13.2 Å². The second kappa shape index (κ2) is 8.53. The molecule has 1 aliphatic heterocycles. The molecule has 3 heterocycles. The van der Waals surface area contributed by atoms with Crippen molar-refractivity contribution in [1.82, 2.24) is 20.3 Å². The van der Waals surface area contributed by atoms with E-state index in [2.05, 4.69) is 15.0 Å². The molecular formula is C19H22F3N5O. The minimum absolute atomic E-state index is 0.333. The molecule has 0 aromatic carbocycles. The van der Waals surface area contributed by atoms with E-state index in [0.717, 1.165) is 17.7 Å². The highest BCUT2D eigenvalue weighted by Gasteiger charge is 2.31. The Kier molecular flexibility index (Phi) is 6.11. The number of hydrogen-bond donors (Lipinski definition) is 1. The van der Waals surface area contributed by atoms with E-state index in [1.54, 1.807) is 12.4 Å². The Bertz CT molecular complexity index is 813. The van der Waals surface area contributed by atoms with Crippen molar-refractivity contribution in [1.29, 1.82) is 0 Å². The topological polar surface area (TPSA) is 71.0 Å². The number of anilines is 1. The summed E-state index contributed by atoms with van der Waals surface area (Å²) in [6.07, 6.45) is 0.907. The third-order valence-electron chi connectivity index (χ3n) is 4.65. The van der Waals surface area contributed by atoms with Crippen molar-refractivity contribution in [3.63, 3.8) is 0 Å². The molecule has 0 saturated carbocycles. The fourth-order valence-corrected chi connectivity index (χ4v) is 3.19. The zero-order chi connectivity index (χ0) is 20.1. The van der Waals surface area contributed by atoms with Gasteiger partial charge in [-0.15, -0.1) is 0 Å². The number of rotatable bonds is 5. The molecule has 1 fully saturated rings. The van der Waals surface area contributed by atoms with Crippen LogP contribution in [0.2, 0.25) is 0 Å². The summed E-state index contributed by atoms with van der Waals surface area (Å²) in [6.45, 7) is 1.71. The highest BCUT2D eigenvalue weighted by Crippen LogP contribution is 2.25. The average molecular weight is 393 g/mol. The maximum Gasteiger partial charge on any atom is 0.405 e. The van der Waals surface area contributed by atoms with Crippen LogP contribution in [0.5, 0.6) is 0 Å². The number of carbonyl (C=O) groups is 1. The molecule has 3 rings (SSSR count). The van der Waals surface area contributed by atoms with Gasteiger partial charge in [-0.3, -0.25) is 9.78 Å². The van der Waals surface area contributed by atoms with Gasteiger partial charge in [0.05, 0.1) is 5.92 Å². The lowest BCUT2D eigenvalue weighted by Gasteiger charge is -2.33. The average Bonchev–Trinajstić information content (AvgIpc) is 2.71. The van der Waals surface area contributed by atoms with Crippen LogP contribution < -0.4 is 10.2 Å². The van der Waals surface area contributed by atoms with Crippen LogP contribution in [-0.2, 0) is 11.2 Å². The smallest absolute Gasteiger partial charge is 0.356 e. The number of piperidine rings is 1. The van der Waals surface area contributed by atoms with E-state index in [9.17, 15) is 18.0 Å². The zero-order valence-corrected chi connectivity index (χ0v) is 15.5. The van der Waals surface area contributed by atoms with Gasteiger partial charge < -0.3 is 10.2 Å². The third-order valence-corrected chi connectivity index (χ3v) is 4.65. The monoisotopic (exact) mass is 393 g/mol. The number of hydrogen-bond acceptors (Lipinski definition) is 5. The number of halogens is 3. The van der Waals surface area contributed by atoms with Gasteiger partial charge in [0.1, 0.15) is 12.4 Å². The van der Waals surface area contributed by atoms with Gasteiger partial charge in [-0.1, -0.05) is 6.92 Å². The van der Waals surface area contributed by atoms with E-state index in [-0.39, 0.29) is 0 Å². The van der Waals surface area contributed by atoms with E-state index >= 15 is 0 Å². The largest absolute Gasteiger partial charge is 0.405 e. The van der Waals surface area contributed by atoms with Crippen LogP contribution >= 0.6 is 0 Å². The summed E-state index contributed by atoms with van der Waals surface area (Å²) in [7, 11) is 0. The molecule has 1 atom stereocenters. The van der Waals surface area contributed by atoms with Gasteiger partial charge in [-0.05, 0) is 31.4 Å². The highest BCUT2D eigenvalue weighted by molar-refractivity contribution is 5.79. The molecule has 1 unspecified atom stereocenters. The normalized spacial score (nSPS) is 17.4. The minimum Gasteiger partial charge on any atom is -0.356 e. The van der Waals surface area contributed by atoms with Gasteiger partial charge in [-0.25, -0.2) is 9.97 Å². The predicted octanol–water partition coefficient (Wildman–Crippen LogP) is 3.00. The Morgan fingerprint density at radius 3 is 2.71 bits per heavy atom. The second-order valence-corrected chi connectivity index (χ2v) is 6.75. The van der Waals surface area contributed by atoms with Gasteiger partial charge in [0.25, 0.3) is 0 Å². The lowest BCUT2D eigenvalue weighted by atomic mass is 9.97. The molecule has 150 valence electrons. The zero-order valence-electron chi connectivity index (χ0n) is 15.5. The third kappa shape index (κ3) is 5.17. The molecular weight excluding hydrogens is 371 g/mol. The summed E-state index contributed by atoms with van der Waals surface area (Å²) < 4.78 is 37.1. The van der Waals surface area contributed by atoms with Gasteiger partial charge in [0.15, 0.2) is 5.82 Å². The number of amides is 1. The number of nitrogens with one attached hydrogen (secondary N) is 1. The number of aryl methyl sites for hydroxylation is 1. The predicted molar refractivity (Wildman–Crippen MR) is 98.6 cm³/mol. The quantitative estimate of drug-likeness (QED) is 0.846. The first kappa shape index (κ1) is 20.0. The summed E-state index contributed by atoms with van der Waals surface area (Å²) in [5.41, 5.74) is 1.70. The molecule has 1 amide bonds. The number of pyridine rings is 1. The molecule has 6 nitrogen and oxygen atoms in total. The lowest BCUT2D eigenvalue weighted by Crippen LogP contribution is -2.45. The molecule has 0 spiro atoms. The molecule has 2 aromatic rings. The summed E-state index contributed by atoms with van der Waals surface area (Å²) in [5.74, 6) is 0.189. The SMILES string of the molecule is CCc1cc(N2CCCC(C(=O)NCC(F)(F)F)C2)nc(-c2ccncc2)n1. The first-order valence-electron chi connectivity index (χ1n) is 9.23. The molecule has 1 aliphatic rings. The van der Waals surface area contributed by atoms with Crippen LogP contribution in [-0.4, -0.2) is 46.7 Å².